The summed E-state index contributed by atoms with van der Waals surface area (Å²) < 4.78 is 5.50. The van der Waals surface area contributed by atoms with Crippen LogP contribution < -0.4 is 4.90 Å². The molecule has 1 atom stereocenters. The van der Waals surface area contributed by atoms with Crippen molar-refractivity contribution in [2.24, 2.45) is 0 Å². The maximum absolute atomic E-state index is 5.50. The number of piperidine rings is 1. The molecule has 1 saturated heterocycles. The van der Waals surface area contributed by atoms with Crippen molar-refractivity contribution < 1.29 is 4.52 Å². The van der Waals surface area contributed by atoms with Gasteiger partial charge in [0, 0.05) is 25.2 Å². The van der Waals surface area contributed by atoms with Gasteiger partial charge in [0.05, 0.1) is 11.3 Å². The normalized spacial score (nSPS) is 18.9. The summed E-state index contributed by atoms with van der Waals surface area (Å²) in [6.07, 6.45) is 5.66. The molecule has 1 fully saturated rings. The molecular formula is C16H20N6O. The Bertz CT molecular complexity index is 808. The molecule has 0 radical (unpaired) electrons. The van der Waals surface area contributed by atoms with Crippen molar-refractivity contribution in [2.75, 3.05) is 18.0 Å². The molecule has 0 aliphatic carbocycles. The van der Waals surface area contributed by atoms with Crippen LogP contribution in [0.5, 0.6) is 0 Å². The van der Waals surface area contributed by atoms with Crippen LogP contribution in [0.1, 0.15) is 50.2 Å². The monoisotopic (exact) mass is 312 g/mol. The molecule has 0 spiro atoms. The Labute approximate surface area is 134 Å². The topological polar surface area (TPSA) is 83.7 Å². The van der Waals surface area contributed by atoms with Gasteiger partial charge in [0.1, 0.15) is 17.8 Å². The SMILES string of the molecule is CC(C)c1noc(C2CCCN(c3ncnc4[nH]ccc34)C2)n1. The van der Waals surface area contributed by atoms with Crippen molar-refractivity contribution in [3.05, 3.63) is 30.3 Å². The van der Waals surface area contributed by atoms with Crippen molar-refractivity contribution in [3.63, 3.8) is 0 Å². The third-order valence-corrected chi connectivity index (χ3v) is 4.38. The first kappa shape index (κ1) is 14.2. The van der Waals surface area contributed by atoms with Gasteiger partial charge in [0.15, 0.2) is 5.82 Å². The van der Waals surface area contributed by atoms with Crippen molar-refractivity contribution in [1.82, 2.24) is 25.1 Å². The lowest BCUT2D eigenvalue weighted by Crippen LogP contribution is -2.35. The van der Waals surface area contributed by atoms with Crippen LogP contribution in [0.15, 0.2) is 23.1 Å². The number of fused-ring (bicyclic) bond motifs is 1. The molecule has 7 heteroatoms. The van der Waals surface area contributed by atoms with Crippen molar-refractivity contribution in [2.45, 2.75) is 38.5 Å². The van der Waals surface area contributed by atoms with E-state index < -0.39 is 0 Å². The first-order valence-electron chi connectivity index (χ1n) is 8.09. The summed E-state index contributed by atoms with van der Waals surface area (Å²) in [6, 6.07) is 2.03. The summed E-state index contributed by atoms with van der Waals surface area (Å²) in [7, 11) is 0. The van der Waals surface area contributed by atoms with E-state index in [1.165, 1.54) is 0 Å². The summed E-state index contributed by atoms with van der Waals surface area (Å²) in [6.45, 7) is 5.98. The molecule has 3 aromatic rings. The molecule has 0 saturated carbocycles. The van der Waals surface area contributed by atoms with Crippen LogP contribution in [0, 0.1) is 0 Å². The number of hydrogen-bond acceptors (Lipinski definition) is 6. The lowest BCUT2D eigenvalue weighted by atomic mass is 9.97. The molecule has 23 heavy (non-hydrogen) atoms. The molecule has 4 rings (SSSR count). The number of nitrogens with zero attached hydrogens (tertiary/aromatic N) is 5. The largest absolute Gasteiger partial charge is 0.355 e. The summed E-state index contributed by atoms with van der Waals surface area (Å²) in [5, 5.41) is 5.15. The van der Waals surface area contributed by atoms with Gasteiger partial charge in [-0.05, 0) is 18.9 Å². The fraction of sp³-hybridized carbons (Fsp3) is 0.500. The van der Waals surface area contributed by atoms with Gasteiger partial charge in [-0.3, -0.25) is 0 Å². The smallest absolute Gasteiger partial charge is 0.231 e. The van der Waals surface area contributed by atoms with E-state index in [1.54, 1.807) is 6.33 Å². The molecule has 120 valence electrons. The minimum Gasteiger partial charge on any atom is -0.355 e. The molecule has 1 N–H and O–H groups in total. The highest BCUT2D eigenvalue weighted by Crippen LogP contribution is 2.31. The van der Waals surface area contributed by atoms with E-state index in [-0.39, 0.29) is 11.8 Å². The second-order valence-corrected chi connectivity index (χ2v) is 6.37. The molecule has 1 aliphatic heterocycles. The predicted molar refractivity (Wildman–Crippen MR) is 86.5 cm³/mol. The molecular weight excluding hydrogens is 292 g/mol. The second kappa shape index (κ2) is 5.64. The van der Waals surface area contributed by atoms with Gasteiger partial charge in [-0.25, -0.2) is 9.97 Å². The van der Waals surface area contributed by atoms with Crippen LogP contribution in [-0.2, 0) is 0 Å². The Morgan fingerprint density at radius 1 is 1.35 bits per heavy atom. The minimum atomic E-state index is 0.257. The Hall–Kier alpha value is -2.44. The van der Waals surface area contributed by atoms with Crippen LogP contribution in [0.4, 0.5) is 5.82 Å². The number of nitrogens with one attached hydrogen (secondary N) is 1. The number of hydrogen-bond donors (Lipinski definition) is 1. The fourth-order valence-corrected chi connectivity index (χ4v) is 3.13. The molecule has 0 aromatic carbocycles. The van der Waals surface area contributed by atoms with Gasteiger partial charge >= 0.3 is 0 Å². The zero-order valence-electron chi connectivity index (χ0n) is 13.4. The number of rotatable bonds is 3. The average molecular weight is 312 g/mol. The highest BCUT2D eigenvalue weighted by Gasteiger charge is 2.28. The quantitative estimate of drug-likeness (QED) is 0.800. The standard InChI is InChI=1S/C16H20N6O/c1-10(2)13-20-16(23-21-13)11-4-3-7-22(8-11)15-12-5-6-17-14(12)18-9-19-15/h5-6,9-11H,3-4,7-8H2,1-2H3,(H,17,18,19). The molecule has 1 aliphatic rings. The third-order valence-electron chi connectivity index (χ3n) is 4.38. The number of H-pyrrole nitrogens is 1. The van der Waals surface area contributed by atoms with E-state index >= 15 is 0 Å². The molecule has 0 amide bonds. The predicted octanol–water partition coefficient (Wildman–Crippen LogP) is 2.85. The summed E-state index contributed by atoms with van der Waals surface area (Å²) in [5.74, 6) is 3.05. The van der Waals surface area contributed by atoms with Gasteiger partial charge in [-0.2, -0.15) is 4.98 Å². The van der Waals surface area contributed by atoms with E-state index in [0.717, 1.165) is 54.5 Å². The summed E-state index contributed by atoms with van der Waals surface area (Å²) in [5.41, 5.74) is 0.872. The van der Waals surface area contributed by atoms with Crippen LogP contribution in [-0.4, -0.2) is 38.2 Å². The molecule has 0 bridgehead atoms. The van der Waals surface area contributed by atoms with E-state index in [9.17, 15) is 0 Å². The Morgan fingerprint density at radius 3 is 3.09 bits per heavy atom. The highest BCUT2D eigenvalue weighted by atomic mass is 16.5. The van der Waals surface area contributed by atoms with Gasteiger partial charge in [-0.1, -0.05) is 19.0 Å². The van der Waals surface area contributed by atoms with Crippen molar-refractivity contribution in [3.8, 4) is 0 Å². The van der Waals surface area contributed by atoms with E-state index in [0.29, 0.717) is 0 Å². The van der Waals surface area contributed by atoms with E-state index in [1.807, 2.05) is 12.3 Å². The molecule has 1 unspecified atom stereocenters. The lowest BCUT2D eigenvalue weighted by Gasteiger charge is -2.32. The van der Waals surface area contributed by atoms with Crippen molar-refractivity contribution in [1.29, 1.82) is 0 Å². The Morgan fingerprint density at radius 2 is 2.26 bits per heavy atom. The first-order valence-corrected chi connectivity index (χ1v) is 8.09. The second-order valence-electron chi connectivity index (χ2n) is 6.37. The number of aromatic nitrogens is 5. The highest BCUT2D eigenvalue weighted by molar-refractivity contribution is 5.87. The Kier molecular flexibility index (Phi) is 3.48. The van der Waals surface area contributed by atoms with Crippen LogP contribution in [0.25, 0.3) is 11.0 Å². The fourth-order valence-electron chi connectivity index (χ4n) is 3.13. The number of aromatic amines is 1. The Balaban J connectivity index is 1.60. The molecule has 7 nitrogen and oxygen atoms in total. The van der Waals surface area contributed by atoms with Gasteiger partial charge in [0.2, 0.25) is 5.89 Å². The van der Waals surface area contributed by atoms with Gasteiger partial charge < -0.3 is 14.4 Å². The van der Waals surface area contributed by atoms with Crippen molar-refractivity contribution >= 4 is 16.9 Å². The van der Waals surface area contributed by atoms with E-state index in [4.69, 9.17) is 4.52 Å². The molecule has 3 aromatic heterocycles. The first-order chi connectivity index (χ1) is 11.2. The summed E-state index contributed by atoms with van der Waals surface area (Å²) >= 11 is 0. The average Bonchev–Trinajstić information content (AvgIpc) is 3.24. The minimum absolute atomic E-state index is 0.257. The zero-order chi connectivity index (χ0) is 15.8. The summed E-state index contributed by atoms with van der Waals surface area (Å²) in [4.78, 5) is 18.8. The zero-order valence-corrected chi connectivity index (χ0v) is 13.4. The van der Waals surface area contributed by atoms with Gasteiger partial charge in [-0.15, -0.1) is 0 Å². The molecule has 4 heterocycles. The van der Waals surface area contributed by atoms with Crippen LogP contribution in [0.3, 0.4) is 0 Å². The maximum Gasteiger partial charge on any atom is 0.231 e. The number of anilines is 1. The van der Waals surface area contributed by atoms with E-state index in [2.05, 4.69) is 43.8 Å². The maximum atomic E-state index is 5.50. The van der Waals surface area contributed by atoms with Gasteiger partial charge in [0.25, 0.3) is 0 Å². The third kappa shape index (κ3) is 2.56. The van der Waals surface area contributed by atoms with Crippen LogP contribution >= 0.6 is 0 Å². The van der Waals surface area contributed by atoms with Crippen LogP contribution in [0.2, 0.25) is 0 Å². The lowest BCUT2D eigenvalue weighted by molar-refractivity contribution is 0.329.